The van der Waals surface area contributed by atoms with E-state index < -0.39 is 5.54 Å². The number of rotatable bonds is 4. The Morgan fingerprint density at radius 3 is 1.98 bits per heavy atom. The molecule has 4 heterocycles. The number of nitrogens with two attached hydrogens (primary N) is 1. The van der Waals surface area contributed by atoms with Crippen LogP contribution in [0.3, 0.4) is 0 Å². The van der Waals surface area contributed by atoms with Crippen LogP contribution in [0, 0.1) is 0 Å². The Morgan fingerprint density at radius 1 is 0.780 bits per heavy atom. The van der Waals surface area contributed by atoms with Gasteiger partial charge in [-0.05, 0) is 49.8 Å². The molecule has 1 saturated carbocycles. The first-order valence-corrected chi connectivity index (χ1v) is 16.6. The van der Waals surface area contributed by atoms with Gasteiger partial charge >= 0.3 is 0 Å². The number of piperazine rings is 1. The molecule has 6 rings (SSSR count). The summed E-state index contributed by atoms with van der Waals surface area (Å²) >= 11 is 7.30. The van der Waals surface area contributed by atoms with E-state index >= 15 is 0 Å². The van der Waals surface area contributed by atoms with Crippen LogP contribution >= 0.6 is 11.6 Å². The third-order valence-corrected chi connectivity index (χ3v) is 10.7. The molecule has 0 spiro atoms. The van der Waals surface area contributed by atoms with Gasteiger partial charge in [0, 0.05) is 44.3 Å². The van der Waals surface area contributed by atoms with Gasteiger partial charge in [0.2, 0.25) is 5.91 Å². The predicted octanol–water partition coefficient (Wildman–Crippen LogP) is 4.33. The Labute approximate surface area is 250 Å². The van der Waals surface area contributed by atoms with Crippen LogP contribution in [-0.2, 0) is 9.53 Å². The lowest BCUT2D eigenvalue weighted by molar-refractivity contribution is -0.155. The van der Waals surface area contributed by atoms with Crippen LogP contribution < -0.4 is 5.73 Å². The fourth-order valence-electron chi connectivity index (χ4n) is 7.82. The van der Waals surface area contributed by atoms with E-state index in [-0.39, 0.29) is 36.6 Å². The van der Waals surface area contributed by atoms with Crippen LogP contribution in [-0.4, -0.2) is 101 Å². The Morgan fingerprint density at radius 2 is 1.37 bits per heavy atom. The van der Waals surface area contributed by atoms with Crippen LogP contribution in [0.4, 0.5) is 0 Å². The van der Waals surface area contributed by atoms with E-state index in [1.807, 2.05) is 17.0 Å². The highest BCUT2D eigenvalue weighted by Crippen LogP contribution is 2.46. The summed E-state index contributed by atoms with van der Waals surface area (Å²) in [5.74, 6) is -0.0442. The molecule has 1 aliphatic carbocycles. The van der Waals surface area contributed by atoms with Crippen molar-refractivity contribution in [3.63, 3.8) is 0 Å². The summed E-state index contributed by atoms with van der Waals surface area (Å²) < 4.78 is 5.16. The Bertz CT molecular complexity index is 1050. The number of nitrogens with zero attached hydrogens (tertiary/aromatic N) is 4. The van der Waals surface area contributed by atoms with E-state index in [1.54, 1.807) is 4.90 Å². The number of benzene rings is 1. The number of hydrogen-bond acceptors (Lipinski definition) is 6. The second kappa shape index (κ2) is 12.9. The van der Waals surface area contributed by atoms with E-state index in [0.29, 0.717) is 44.0 Å². The van der Waals surface area contributed by atoms with E-state index in [1.165, 1.54) is 82.6 Å². The van der Waals surface area contributed by atoms with Crippen LogP contribution in [0.1, 0.15) is 99.0 Å². The molecule has 226 valence electrons. The fraction of sp³-hybridized carbons (Fsp3) is 0.750. The maximum absolute atomic E-state index is 13.4. The molecule has 5 fully saturated rings. The first kappa shape index (κ1) is 29.4. The Kier molecular flexibility index (Phi) is 9.23. The van der Waals surface area contributed by atoms with E-state index in [9.17, 15) is 9.59 Å². The van der Waals surface area contributed by atoms with Crippen molar-refractivity contribution in [2.24, 2.45) is 5.73 Å². The maximum atomic E-state index is 13.4. The van der Waals surface area contributed by atoms with Crippen molar-refractivity contribution >= 4 is 23.4 Å². The molecule has 3 unspecified atom stereocenters. The quantitative estimate of drug-likeness (QED) is 0.418. The van der Waals surface area contributed by atoms with Gasteiger partial charge in [0.05, 0.1) is 25.4 Å². The largest absolute Gasteiger partial charge is 0.376 e. The van der Waals surface area contributed by atoms with Gasteiger partial charge in [-0.2, -0.15) is 0 Å². The van der Waals surface area contributed by atoms with Gasteiger partial charge in [-0.25, -0.2) is 0 Å². The number of hydrogen-bond donors (Lipinski definition) is 1. The smallest absolute Gasteiger partial charge is 0.253 e. The van der Waals surface area contributed by atoms with Crippen molar-refractivity contribution < 1.29 is 14.3 Å². The monoisotopic (exact) mass is 585 g/mol. The third-order valence-electron chi connectivity index (χ3n) is 10.2. The number of alkyl halides is 1. The molecule has 0 aromatic heterocycles. The number of carbonyl (C=O) groups excluding carboxylic acids is 2. The van der Waals surface area contributed by atoms with Crippen LogP contribution in [0.15, 0.2) is 24.3 Å². The van der Waals surface area contributed by atoms with E-state index in [2.05, 4.69) is 21.9 Å². The molecule has 9 heteroatoms. The highest BCUT2D eigenvalue weighted by atomic mass is 35.5. The minimum atomic E-state index is -0.890. The standard InChI is InChI=1S/C32H48ClN5O3/c33-29-28(38(27-12-8-9-17-37(27)29)26-10-6-4-2-1-3-5-7-11-26)24-13-15-25(16-14-24)30(39)35-18-20-36(21-19-35)31(40)32(34)22-41-23-32/h13-16,26-29H,1-12,17-23,34H2. The number of amides is 2. The van der Waals surface area contributed by atoms with Crippen molar-refractivity contribution in [1.82, 2.24) is 19.6 Å². The molecule has 2 N–H and O–H groups in total. The van der Waals surface area contributed by atoms with Crippen LogP contribution in [0.2, 0.25) is 0 Å². The zero-order valence-electron chi connectivity index (χ0n) is 24.5. The SMILES string of the molecule is NC1(C(=O)N2CCN(C(=O)c3ccc(C4C(Cl)N5CCCCC5N4C4CCCCCCCCC4)cc3)CC2)COC1. The Balaban J connectivity index is 1.15. The molecule has 3 atom stereocenters. The first-order valence-electron chi connectivity index (χ1n) is 16.2. The summed E-state index contributed by atoms with van der Waals surface area (Å²) in [6.07, 6.45) is 16.0. The normalized spacial score (nSPS) is 30.4. The molecular formula is C32H48ClN5O3. The molecule has 0 bridgehead atoms. The Hall–Kier alpha value is -1.71. The van der Waals surface area contributed by atoms with Gasteiger partial charge in [-0.1, -0.05) is 57.1 Å². The summed E-state index contributed by atoms with van der Waals surface area (Å²) in [7, 11) is 0. The van der Waals surface area contributed by atoms with Gasteiger partial charge in [0.1, 0.15) is 11.0 Å². The van der Waals surface area contributed by atoms with E-state index in [4.69, 9.17) is 22.1 Å². The predicted molar refractivity (Wildman–Crippen MR) is 161 cm³/mol. The lowest BCUT2D eigenvalue weighted by Gasteiger charge is -2.43. The lowest BCUT2D eigenvalue weighted by Crippen LogP contribution is -2.68. The second-order valence-electron chi connectivity index (χ2n) is 13.0. The number of ether oxygens (including phenoxy) is 1. The minimum Gasteiger partial charge on any atom is -0.376 e. The average molecular weight is 586 g/mol. The number of piperidine rings is 1. The maximum Gasteiger partial charge on any atom is 0.253 e. The summed E-state index contributed by atoms with van der Waals surface area (Å²) in [5.41, 5.74) is 7.13. The van der Waals surface area contributed by atoms with Crippen molar-refractivity contribution in [1.29, 1.82) is 0 Å². The van der Waals surface area contributed by atoms with Gasteiger partial charge < -0.3 is 20.3 Å². The zero-order valence-corrected chi connectivity index (χ0v) is 25.3. The van der Waals surface area contributed by atoms with Gasteiger partial charge in [-0.15, -0.1) is 11.6 Å². The van der Waals surface area contributed by atoms with Crippen molar-refractivity contribution in [2.45, 2.75) is 106 Å². The van der Waals surface area contributed by atoms with Gasteiger partial charge in [0.15, 0.2) is 0 Å². The molecule has 1 aromatic carbocycles. The lowest BCUT2D eigenvalue weighted by atomic mass is 9.93. The molecule has 8 nitrogen and oxygen atoms in total. The minimum absolute atomic E-state index is 0.0218. The fourth-order valence-corrected chi connectivity index (χ4v) is 8.32. The molecule has 5 aliphatic rings. The molecule has 4 saturated heterocycles. The molecule has 0 radical (unpaired) electrons. The van der Waals surface area contributed by atoms with Gasteiger partial charge in [0.25, 0.3) is 5.91 Å². The first-order chi connectivity index (χ1) is 20.0. The summed E-state index contributed by atoms with van der Waals surface area (Å²) in [6, 6.07) is 8.98. The molecule has 1 aromatic rings. The second-order valence-corrected chi connectivity index (χ2v) is 13.5. The van der Waals surface area contributed by atoms with Crippen LogP contribution in [0.5, 0.6) is 0 Å². The zero-order chi connectivity index (χ0) is 28.4. The van der Waals surface area contributed by atoms with Crippen molar-refractivity contribution in [3.05, 3.63) is 35.4 Å². The molecule has 41 heavy (non-hydrogen) atoms. The highest BCUT2D eigenvalue weighted by molar-refractivity contribution is 6.21. The van der Waals surface area contributed by atoms with E-state index in [0.717, 1.165) is 6.54 Å². The van der Waals surface area contributed by atoms with Crippen LogP contribution in [0.25, 0.3) is 0 Å². The number of carbonyl (C=O) groups is 2. The van der Waals surface area contributed by atoms with Gasteiger partial charge in [-0.3, -0.25) is 19.4 Å². The number of halogens is 1. The third kappa shape index (κ3) is 6.05. The summed E-state index contributed by atoms with van der Waals surface area (Å²) in [5, 5.41) is 0. The molecule has 2 amide bonds. The molecular weight excluding hydrogens is 538 g/mol. The summed E-state index contributed by atoms with van der Waals surface area (Å²) in [4.78, 5) is 35.1. The molecule has 4 aliphatic heterocycles. The van der Waals surface area contributed by atoms with Crippen molar-refractivity contribution in [3.8, 4) is 0 Å². The van der Waals surface area contributed by atoms with Crippen molar-refractivity contribution in [2.75, 3.05) is 45.9 Å². The summed E-state index contributed by atoms with van der Waals surface area (Å²) in [6.45, 7) is 3.66. The number of fused-ring (bicyclic) bond motifs is 1. The average Bonchev–Trinajstić information content (AvgIpc) is 3.30. The topological polar surface area (TPSA) is 82.4 Å². The highest BCUT2D eigenvalue weighted by Gasteiger charge is 2.50.